The predicted molar refractivity (Wildman–Crippen MR) is 82.4 cm³/mol. The number of esters is 1. The quantitative estimate of drug-likeness (QED) is 0.419. The summed E-state index contributed by atoms with van der Waals surface area (Å²) in [6.07, 6.45) is 10.5. The molecule has 0 saturated carbocycles. The summed E-state index contributed by atoms with van der Waals surface area (Å²) >= 11 is 0. The highest BCUT2D eigenvalue weighted by Gasteiger charge is 2.14. The van der Waals surface area contributed by atoms with Gasteiger partial charge in [-0.1, -0.05) is 49.4 Å². The van der Waals surface area contributed by atoms with Gasteiger partial charge in [-0.15, -0.1) is 0 Å². The van der Waals surface area contributed by atoms with Crippen molar-refractivity contribution in [1.29, 1.82) is 0 Å². The minimum atomic E-state index is -0.0971. The van der Waals surface area contributed by atoms with Gasteiger partial charge < -0.3 is 4.74 Å². The van der Waals surface area contributed by atoms with E-state index in [0.29, 0.717) is 13.0 Å². The summed E-state index contributed by atoms with van der Waals surface area (Å²) in [6.45, 7) is 2.58. The average molecular weight is 270 g/mol. The van der Waals surface area contributed by atoms with Crippen LogP contribution in [0.3, 0.4) is 0 Å². The van der Waals surface area contributed by atoms with Crippen molar-refractivity contribution < 1.29 is 9.53 Å². The van der Waals surface area contributed by atoms with Gasteiger partial charge in [0.1, 0.15) is 0 Å². The number of ether oxygens (including phenoxy) is 1. The van der Waals surface area contributed by atoms with Gasteiger partial charge >= 0.3 is 5.97 Å². The number of benzene rings is 1. The second-order valence-corrected chi connectivity index (χ2v) is 4.98. The molecule has 0 amide bonds. The van der Waals surface area contributed by atoms with E-state index in [1.807, 2.05) is 0 Å². The van der Waals surface area contributed by atoms with Crippen molar-refractivity contribution in [3.05, 3.63) is 53.6 Å². The zero-order chi connectivity index (χ0) is 14.2. The Morgan fingerprint density at radius 1 is 1.30 bits per heavy atom. The van der Waals surface area contributed by atoms with E-state index in [0.717, 1.165) is 25.7 Å². The maximum absolute atomic E-state index is 11.7. The lowest BCUT2D eigenvalue weighted by atomic mass is 10.0. The monoisotopic (exact) mass is 270 g/mol. The molecule has 1 aromatic carbocycles. The first-order chi connectivity index (χ1) is 9.81. The van der Waals surface area contributed by atoms with Crippen molar-refractivity contribution in [3.63, 3.8) is 0 Å². The van der Waals surface area contributed by atoms with Crippen LogP contribution >= 0.6 is 0 Å². The van der Waals surface area contributed by atoms with Gasteiger partial charge in [-0.25, -0.2) is 0 Å². The molecule has 106 valence electrons. The van der Waals surface area contributed by atoms with Crippen molar-refractivity contribution in [2.75, 3.05) is 6.61 Å². The van der Waals surface area contributed by atoms with E-state index >= 15 is 0 Å². The van der Waals surface area contributed by atoms with Crippen LogP contribution in [0.1, 0.15) is 43.7 Å². The third-order valence-corrected chi connectivity index (χ3v) is 3.48. The van der Waals surface area contributed by atoms with E-state index in [9.17, 15) is 4.79 Å². The molecule has 20 heavy (non-hydrogen) atoms. The van der Waals surface area contributed by atoms with Gasteiger partial charge in [0.2, 0.25) is 0 Å². The molecule has 0 radical (unpaired) electrons. The SMILES string of the molecule is CC/C=C\CCOC(=O)CCC1=CCc2ccccc21. The van der Waals surface area contributed by atoms with Crippen LogP contribution in [-0.2, 0) is 16.0 Å². The van der Waals surface area contributed by atoms with E-state index in [-0.39, 0.29) is 5.97 Å². The van der Waals surface area contributed by atoms with Crippen molar-refractivity contribution in [3.8, 4) is 0 Å². The van der Waals surface area contributed by atoms with Crippen LogP contribution < -0.4 is 0 Å². The maximum atomic E-state index is 11.7. The average Bonchev–Trinajstić information content (AvgIpc) is 2.88. The molecule has 2 nitrogen and oxygen atoms in total. The Balaban J connectivity index is 1.71. The van der Waals surface area contributed by atoms with Crippen LogP contribution in [0.5, 0.6) is 0 Å². The van der Waals surface area contributed by atoms with Crippen molar-refractivity contribution in [2.45, 2.75) is 39.0 Å². The molecule has 0 N–H and O–H groups in total. The van der Waals surface area contributed by atoms with Gasteiger partial charge in [0.15, 0.2) is 0 Å². The fraction of sp³-hybridized carbons (Fsp3) is 0.389. The first kappa shape index (κ1) is 14.6. The Morgan fingerprint density at radius 3 is 3.00 bits per heavy atom. The van der Waals surface area contributed by atoms with E-state index in [2.05, 4.69) is 49.4 Å². The number of hydrogen-bond donors (Lipinski definition) is 0. The summed E-state index contributed by atoms with van der Waals surface area (Å²) in [7, 11) is 0. The lowest BCUT2D eigenvalue weighted by Gasteiger charge is -2.06. The Hall–Kier alpha value is -1.83. The maximum Gasteiger partial charge on any atom is 0.306 e. The van der Waals surface area contributed by atoms with Gasteiger partial charge in [0.05, 0.1) is 6.61 Å². The highest BCUT2D eigenvalue weighted by molar-refractivity contribution is 5.77. The van der Waals surface area contributed by atoms with E-state index in [4.69, 9.17) is 4.74 Å². The largest absolute Gasteiger partial charge is 0.465 e. The molecular weight excluding hydrogens is 248 g/mol. The second-order valence-electron chi connectivity index (χ2n) is 4.98. The molecule has 0 aromatic heterocycles. The molecule has 1 aromatic rings. The molecular formula is C18H22O2. The molecule has 0 spiro atoms. The Kier molecular flexibility index (Phi) is 5.60. The highest BCUT2D eigenvalue weighted by Crippen LogP contribution is 2.30. The molecule has 1 aliphatic rings. The van der Waals surface area contributed by atoms with Crippen LogP contribution in [0.25, 0.3) is 5.57 Å². The molecule has 0 unspecified atom stereocenters. The zero-order valence-electron chi connectivity index (χ0n) is 12.1. The molecule has 0 fully saturated rings. The Labute approximate surface area is 121 Å². The standard InChI is InChI=1S/C18H22O2/c1-2-3-4-7-14-20-18(19)13-12-16-11-10-15-8-5-6-9-17(15)16/h3-6,8-9,11H,2,7,10,12-14H2,1H3/b4-3-. The Bertz CT molecular complexity index is 512. The third kappa shape index (κ3) is 4.09. The van der Waals surface area contributed by atoms with Crippen molar-refractivity contribution in [2.24, 2.45) is 0 Å². The van der Waals surface area contributed by atoms with Gasteiger partial charge in [-0.05, 0) is 42.4 Å². The van der Waals surface area contributed by atoms with E-state index < -0.39 is 0 Å². The molecule has 0 bridgehead atoms. The predicted octanol–water partition coefficient (Wildman–Crippen LogP) is 4.31. The molecule has 2 heteroatoms. The van der Waals surface area contributed by atoms with Crippen molar-refractivity contribution in [1.82, 2.24) is 0 Å². The van der Waals surface area contributed by atoms with Gasteiger partial charge in [-0.2, -0.15) is 0 Å². The van der Waals surface area contributed by atoms with Gasteiger partial charge in [-0.3, -0.25) is 4.79 Å². The van der Waals surface area contributed by atoms with Gasteiger partial charge in [0.25, 0.3) is 0 Å². The van der Waals surface area contributed by atoms with Crippen LogP contribution in [0.4, 0.5) is 0 Å². The zero-order valence-corrected chi connectivity index (χ0v) is 12.1. The number of hydrogen-bond acceptors (Lipinski definition) is 2. The fourth-order valence-electron chi connectivity index (χ4n) is 2.43. The summed E-state index contributed by atoms with van der Waals surface area (Å²) in [4.78, 5) is 11.7. The first-order valence-electron chi connectivity index (χ1n) is 7.39. The van der Waals surface area contributed by atoms with Crippen LogP contribution in [-0.4, -0.2) is 12.6 Å². The smallest absolute Gasteiger partial charge is 0.306 e. The lowest BCUT2D eigenvalue weighted by molar-refractivity contribution is -0.143. The molecule has 2 rings (SSSR count). The number of carbonyl (C=O) groups is 1. The molecule has 1 aliphatic carbocycles. The minimum Gasteiger partial charge on any atom is -0.465 e. The summed E-state index contributed by atoms with van der Waals surface area (Å²) in [5, 5.41) is 0. The first-order valence-corrected chi connectivity index (χ1v) is 7.39. The highest BCUT2D eigenvalue weighted by atomic mass is 16.5. The summed E-state index contributed by atoms with van der Waals surface area (Å²) < 4.78 is 5.22. The molecule has 0 saturated heterocycles. The van der Waals surface area contributed by atoms with Gasteiger partial charge in [0, 0.05) is 6.42 Å². The molecule has 0 heterocycles. The number of allylic oxidation sites excluding steroid dienone is 3. The Morgan fingerprint density at radius 2 is 2.15 bits per heavy atom. The summed E-state index contributed by atoms with van der Waals surface area (Å²) in [5.41, 5.74) is 3.94. The topological polar surface area (TPSA) is 26.3 Å². The molecule has 0 aliphatic heterocycles. The normalized spacial score (nSPS) is 13.3. The minimum absolute atomic E-state index is 0.0971. The lowest BCUT2D eigenvalue weighted by Crippen LogP contribution is -2.05. The van der Waals surface area contributed by atoms with Crippen LogP contribution in [0.2, 0.25) is 0 Å². The summed E-state index contributed by atoms with van der Waals surface area (Å²) in [6, 6.07) is 8.40. The fourth-order valence-corrected chi connectivity index (χ4v) is 2.43. The van der Waals surface area contributed by atoms with Crippen molar-refractivity contribution >= 4 is 11.5 Å². The number of carbonyl (C=O) groups excluding carboxylic acids is 1. The molecule has 0 atom stereocenters. The van der Waals surface area contributed by atoms with Crippen LogP contribution in [0.15, 0.2) is 42.5 Å². The van der Waals surface area contributed by atoms with Crippen LogP contribution in [0, 0.1) is 0 Å². The third-order valence-electron chi connectivity index (χ3n) is 3.48. The number of rotatable bonds is 7. The van der Waals surface area contributed by atoms with E-state index in [1.54, 1.807) is 0 Å². The van der Waals surface area contributed by atoms with E-state index in [1.165, 1.54) is 16.7 Å². The number of fused-ring (bicyclic) bond motifs is 1. The second kappa shape index (κ2) is 7.68. The summed E-state index contributed by atoms with van der Waals surface area (Å²) in [5.74, 6) is -0.0971.